The molecule has 3 aromatic rings. The van der Waals surface area contributed by atoms with E-state index in [1.54, 1.807) is 19.5 Å². The van der Waals surface area contributed by atoms with Crippen LogP contribution in [-0.4, -0.2) is 22.1 Å². The van der Waals surface area contributed by atoms with E-state index in [1.807, 2.05) is 18.2 Å². The van der Waals surface area contributed by atoms with Gasteiger partial charge in [-0.15, -0.1) is 0 Å². The summed E-state index contributed by atoms with van der Waals surface area (Å²) in [6, 6.07) is 5.74. The van der Waals surface area contributed by atoms with Crippen molar-refractivity contribution in [3.8, 4) is 17.1 Å². The quantitative estimate of drug-likeness (QED) is 0.763. The molecule has 3 rings (SSSR count). The van der Waals surface area contributed by atoms with E-state index in [9.17, 15) is 0 Å². The lowest BCUT2D eigenvalue weighted by Gasteiger charge is -2.04. The summed E-state index contributed by atoms with van der Waals surface area (Å²) < 4.78 is 6.13. The van der Waals surface area contributed by atoms with Crippen molar-refractivity contribution in [2.24, 2.45) is 0 Å². The van der Waals surface area contributed by atoms with Gasteiger partial charge in [0.2, 0.25) is 5.88 Å². The monoisotopic (exact) mass is 258 g/mol. The molecule has 0 bridgehead atoms. The Kier molecular flexibility index (Phi) is 2.56. The third kappa shape index (κ3) is 1.67. The molecule has 5 nitrogen and oxygen atoms in total. The summed E-state index contributed by atoms with van der Waals surface area (Å²) in [4.78, 5) is 12.8. The maximum Gasteiger partial charge on any atom is 0.241 e. The first-order chi connectivity index (χ1) is 8.79. The lowest BCUT2D eigenvalue weighted by atomic mass is 10.2. The third-order valence-corrected chi connectivity index (χ3v) is 3.45. The summed E-state index contributed by atoms with van der Waals surface area (Å²) in [5, 5.41) is 0.494. The molecule has 0 saturated carbocycles. The van der Waals surface area contributed by atoms with Crippen molar-refractivity contribution >= 4 is 26.7 Å². The Morgan fingerprint density at radius 1 is 1.28 bits per heavy atom. The minimum Gasteiger partial charge on any atom is -0.479 e. The van der Waals surface area contributed by atoms with Gasteiger partial charge in [-0.25, -0.2) is 9.97 Å². The van der Waals surface area contributed by atoms with E-state index >= 15 is 0 Å². The Bertz CT molecular complexity index is 696. The van der Waals surface area contributed by atoms with E-state index in [2.05, 4.69) is 15.0 Å². The van der Waals surface area contributed by atoms with Crippen LogP contribution < -0.4 is 10.5 Å². The van der Waals surface area contributed by atoms with Gasteiger partial charge in [-0.2, -0.15) is 0 Å². The molecule has 0 aromatic carbocycles. The van der Waals surface area contributed by atoms with Gasteiger partial charge in [0.1, 0.15) is 5.52 Å². The Balaban J connectivity index is 2.31. The number of ether oxygens (including phenoxy) is 1. The summed E-state index contributed by atoms with van der Waals surface area (Å²) in [6.45, 7) is 0. The molecule has 0 unspecified atom stereocenters. The van der Waals surface area contributed by atoms with Crippen molar-refractivity contribution in [3.63, 3.8) is 0 Å². The fraction of sp³-hybridized carbons (Fsp3) is 0.0833. The molecule has 0 aliphatic heterocycles. The number of pyridine rings is 2. The van der Waals surface area contributed by atoms with Crippen molar-refractivity contribution in [2.45, 2.75) is 0 Å². The second kappa shape index (κ2) is 4.23. The number of aromatic nitrogens is 3. The molecular formula is C12H10N4OS. The number of nitrogens with zero attached hydrogens (tertiary/aromatic N) is 3. The van der Waals surface area contributed by atoms with Gasteiger partial charge in [0.05, 0.1) is 17.5 Å². The summed E-state index contributed by atoms with van der Waals surface area (Å²) in [7, 11) is 1.57. The maximum atomic E-state index is 5.76. The van der Waals surface area contributed by atoms with Gasteiger partial charge in [-0.1, -0.05) is 17.4 Å². The van der Waals surface area contributed by atoms with Crippen LogP contribution in [0, 0.1) is 0 Å². The minimum atomic E-state index is 0.484. The molecule has 0 spiro atoms. The summed E-state index contributed by atoms with van der Waals surface area (Å²) >= 11 is 1.41. The minimum absolute atomic E-state index is 0.484. The van der Waals surface area contributed by atoms with E-state index in [-0.39, 0.29) is 0 Å². The highest BCUT2D eigenvalue weighted by molar-refractivity contribution is 7.22. The number of methoxy groups -OCH3 is 1. The number of nitrogen functional groups attached to an aromatic ring is 1. The third-order valence-electron chi connectivity index (χ3n) is 2.54. The lowest BCUT2D eigenvalue weighted by molar-refractivity contribution is 0.402. The van der Waals surface area contributed by atoms with Gasteiger partial charge in [-0.3, -0.25) is 4.98 Å². The van der Waals surface area contributed by atoms with Crippen LogP contribution in [0.25, 0.3) is 21.5 Å². The second-order valence-electron chi connectivity index (χ2n) is 3.63. The fourth-order valence-electron chi connectivity index (χ4n) is 1.76. The molecule has 90 valence electrons. The highest BCUT2D eigenvalue weighted by Crippen LogP contribution is 2.36. The molecule has 6 heteroatoms. The van der Waals surface area contributed by atoms with Crippen molar-refractivity contribution in [3.05, 3.63) is 30.6 Å². The molecule has 2 N–H and O–H groups in total. The zero-order valence-electron chi connectivity index (χ0n) is 9.62. The average Bonchev–Trinajstić information content (AvgIpc) is 2.80. The molecule has 0 aliphatic carbocycles. The Labute approximate surface area is 107 Å². The molecular weight excluding hydrogens is 248 g/mol. The van der Waals surface area contributed by atoms with Crippen LogP contribution in [0.3, 0.4) is 0 Å². The number of thiazole rings is 1. The van der Waals surface area contributed by atoms with E-state index in [1.165, 1.54) is 11.3 Å². The van der Waals surface area contributed by atoms with Gasteiger partial charge in [-0.05, 0) is 12.1 Å². The van der Waals surface area contributed by atoms with Crippen LogP contribution in [-0.2, 0) is 0 Å². The molecule has 0 fully saturated rings. The number of hydrogen-bond donors (Lipinski definition) is 1. The SMILES string of the molecule is COc1ncc(-c2ccccn2)c2sc(N)nc12. The fourth-order valence-corrected chi connectivity index (χ4v) is 2.60. The first-order valence-corrected chi connectivity index (χ1v) is 6.11. The number of anilines is 1. The smallest absolute Gasteiger partial charge is 0.241 e. The van der Waals surface area contributed by atoms with E-state index in [0.717, 1.165) is 16.0 Å². The largest absolute Gasteiger partial charge is 0.479 e. The van der Waals surface area contributed by atoms with Gasteiger partial charge in [0.15, 0.2) is 5.13 Å². The molecule has 0 radical (unpaired) electrons. The Morgan fingerprint density at radius 2 is 2.17 bits per heavy atom. The van der Waals surface area contributed by atoms with Crippen molar-refractivity contribution in [1.29, 1.82) is 0 Å². The normalized spacial score (nSPS) is 10.7. The van der Waals surface area contributed by atoms with Crippen LogP contribution >= 0.6 is 11.3 Å². The average molecular weight is 258 g/mol. The summed E-state index contributed by atoms with van der Waals surface area (Å²) in [5.74, 6) is 0.484. The zero-order valence-corrected chi connectivity index (χ0v) is 10.4. The number of nitrogens with two attached hydrogens (primary N) is 1. The van der Waals surface area contributed by atoms with Crippen LogP contribution in [0.1, 0.15) is 0 Å². The molecule has 3 heterocycles. The van der Waals surface area contributed by atoms with Crippen molar-refractivity contribution < 1.29 is 4.74 Å². The second-order valence-corrected chi connectivity index (χ2v) is 4.66. The highest BCUT2D eigenvalue weighted by Gasteiger charge is 2.14. The van der Waals surface area contributed by atoms with Crippen LogP contribution in [0.4, 0.5) is 5.13 Å². The van der Waals surface area contributed by atoms with Gasteiger partial charge >= 0.3 is 0 Å². The lowest BCUT2D eigenvalue weighted by Crippen LogP contribution is -1.91. The van der Waals surface area contributed by atoms with Gasteiger partial charge < -0.3 is 10.5 Å². The molecule has 0 aliphatic rings. The number of rotatable bonds is 2. The maximum absolute atomic E-state index is 5.76. The van der Waals surface area contributed by atoms with Crippen LogP contribution in [0.15, 0.2) is 30.6 Å². The molecule has 18 heavy (non-hydrogen) atoms. The Morgan fingerprint density at radius 3 is 2.89 bits per heavy atom. The predicted octanol–water partition coefficient (Wildman–Crippen LogP) is 2.34. The van der Waals surface area contributed by atoms with E-state index in [0.29, 0.717) is 16.5 Å². The number of fused-ring (bicyclic) bond motifs is 1. The van der Waals surface area contributed by atoms with Crippen molar-refractivity contribution in [1.82, 2.24) is 15.0 Å². The van der Waals surface area contributed by atoms with Crippen molar-refractivity contribution in [2.75, 3.05) is 12.8 Å². The molecule has 0 amide bonds. The van der Waals surface area contributed by atoms with E-state index < -0.39 is 0 Å². The van der Waals surface area contributed by atoms with E-state index in [4.69, 9.17) is 10.5 Å². The Hall–Kier alpha value is -2.21. The topological polar surface area (TPSA) is 73.9 Å². The first kappa shape index (κ1) is 10.9. The predicted molar refractivity (Wildman–Crippen MR) is 71.6 cm³/mol. The first-order valence-electron chi connectivity index (χ1n) is 5.30. The standard InChI is InChI=1S/C12H10N4OS/c1-17-11-9-10(18-12(13)16-9)7(6-15-11)8-4-2-3-5-14-8/h2-6H,1H3,(H2,13,16). The van der Waals surface area contributed by atoms with Crippen LogP contribution in [0.5, 0.6) is 5.88 Å². The molecule has 0 atom stereocenters. The van der Waals surface area contributed by atoms with Crippen LogP contribution in [0.2, 0.25) is 0 Å². The van der Waals surface area contributed by atoms with Gasteiger partial charge in [0, 0.05) is 18.0 Å². The molecule has 0 saturated heterocycles. The molecule has 3 aromatic heterocycles. The highest BCUT2D eigenvalue weighted by atomic mass is 32.1. The summed E-state index contributed by atoms with van der Waals surface area (Å²) in [5.41, 5.74) is 8.21. The number of hydrogen-bond acceptors (Lipinski definition) is 6. The zero-order chi connectivity index (χ0) is 12.5. The van der Waals surface area contributed by atoms with Gasteiger partial charge in [0.25, 0.3) is 0 Å². The summed E-state index contributed by atoms with van der Waals surface area (Å²) in [6.07, 6.45) is 3.48.